The van der Waals surface area contributed by atoms with E-state index in [1.54, 1.807) is 0 Å². The van der Waals surface area contributed by atoms with Gasteiger partial charge in [-0.3, -0.25) is 0 Å². The van der Waals surface area contributed by atoms with Crippen molar-refractivity contribution < 1.29 is 0 Å². The molecule has 2 rings (SSSR count). The molecule has 0 aliphatic carbocycles. The van der Waals surface area contributed by atoms with Gasteiger partial charge in [0.05, 0.1) is 11.7 Å². The van der Waals surface area contributed by atoms with E-state index in [4.69, 9.17) is 0 Å². The first kappa shape index (κ1) is 13.1. The Morgan fingerprint density at radius 3 is 2.33 bits per heavy atom. The molecule has 0 saturated carbocycles. The molecule has 0 aliphatic rings. The monoisotopic (exact) mass is 244 g/mol. The number of rotatable bonds is 1. The van der Waals surface area contributed by atoms with Crippen molar-refractivity contribution in [1.29, 1.82) is 0 Å². The van der Waals surface area contributed by atoms with Gasteiger partial charge in [-0.25, -0.2) is 4.98 Å². The van der Waals surface area contributed by atoms with Gasteiger partial charge in [-0.1, -0.05) is 41.5 Å². The van der Waals surface area contributed by atoms with Crippen LogP contribution in [-0.2, 0) is 11.8 Å². The lowest BCUT2D eigenvalue weighted by Gasteiger charge is -2.20. The van der Waals surface area contributed by atoms with Gasteiger partial charge in [-0.05, 0) is 28.5 Å². The van der Waals surface area contributed by atoms with Crippen molar-refractivity contribution in [3.05, 3.63) is 35.9 Å². The summed E-state index contributed by atoms with van der Waals surface area (Å²) in [5.74, 6) is 1.15. The standard InChI is InChI=1S/C16H24N2/c1-15(2,3)10-14-17-11-13-9-12(16(4,5)6)7-8-18(13)14/h7-9,11H,10H2,1-6H3. The highest BCUT2D eigenvalue weighted by Gasteiger charge is 2.17. The van der Waals surface area contributed by atoms with E-state index in [9.17, 15) is 0 Å². The quantitative estimate of drug-likeness (QED) is 0.734. The van der Waals surface area contributed by atoms with Crippen molar-refractivity contribution in [1.82, 2.24) is 9.38 Å². The number of aromatic nitrogens is 2. The lowest BCUT2D eigenvalue weighted by Crippen LogP contribution is -2.13. The highest BCUT2D eigenvalue weighted by atomic mass is 15.0. The normalized spacial score (nSPS) is 13.2. The summed E-state index contributed by atoms with van der Waals surface area (Å²) in [5, 5.41) is 0. The van der Waals surface area contributed by atoms with Gasteiger partial charge >= 0.3 is 0 Å². The van der Waals surface area contributed by atoms with Crippen LogP contribution in [0.25, 0.3) is 5.52 Å². The Kier molecular flexibility index (Phi) is 3.00. The third kappa shape index (κ3) is 2.74. The van der Waals surface area contributed by atoms with E-state index >= 15 is 0 Å². The van der Waals surface area contributed by atoms with Crippen LogP contribution in [0.15, 0.2) is 24.5 Å². The molecule has 2 heteroatoms. The van der Waals surface area contributed by atoms with Crippen LogP contribution in [0.1, 0.15) is 52.9 Å². The van der Waals surface area contributed by atoms with E-state index in [2.05, 4.69) is 69.3 Å². The largest absolute Gasteiger partial charge is 0.304 e. The molecule has 2 aromatic rings. The molecule has 2 nitrogen and oxygen atoms in total. The van der Waals surface area contributed by atoms with Crippen LogP contribution in [0.3, 0.4) is 0 Å². The molecule has 0 saturated heterocycles. The topological polar surface area (TPSA) is 17.3 Å². The molecule has 0 aromatic carbocycles. The van der Waals surface area contributed by atoms with Gasteiger partial charge in [0.2, 0.25) is 0 Å². The van der Waals surface area contributed by atoms with E-state index in [0.29, 0.717) is 0 Å². The fraction of sp³-hybridized carbons (Fsp3) is 0.562. The summed E-state index contributed by atoms with van der Waals surface area (Å²) in [5.41, 5.74) is 3.01. The average Bonchev–Trinajstić information content (AvgIpc) is 2.57. The molecule has 98 valence electrons. The molecular weight excluding hydrogens is 220 g/mol. The van der Waals surface area contributed by atoms with Gasteiger partial charge < -0.3 is 4.40 Å². The van der Waals surface area contributed by atoms with Crippen LogP contribution in [0.2, 0.25) is 0 Å². The number of imidazole rings is 1. The minimum atomic E-state index is 0.191. The molecule has 0 aliphatic heterocycles. The molecule has 2 aromatic heterocycles. The van der Waals surface area contributed by atoms with Crippen LogP contribution in [-0.4, -0.2) is 9.38 Å². The molecule has 0 atom stereocenters. The van der Waals surface area contributed by atoms with Crippen LogP contribution >= 0.6 is 0 Å². The number of hydrogen-bond donors (Lipinski definition) is 0. The summed E-state index contributed by atoms with van der Waals surface area (Å²) in [7, 11) is 0. The summed E-state index contributed by atoms with van der Waals surface area (Å²) in [6, 6.07) is 4.46. The molecule has 0 fully saturated rings. The maximum atomic E-state index is 4.57. The molecular formula is C16H24N2. The molecule has 18 heavy (non-hydrogen) atoms. The first-order chi connectivity index (χ1) is 8.17. The van der Waals surface area contributed by atoms with Crippen molar-refractivity contribution in [3.63, 3.8) is 0 Å². The Balaban J connectivity index is 2.44. The minimum Gasteiger partial charge on any atom is -0.304 e. The Hall–Kier alpha value is -1.31. The Morgan fingerprint density at radius 2 is 1.78 bits per heavy atom. The SMILES string of the molecule is CC(C)(C)Cc1ncc2cc(C(C)(C)C)ccn12. The summed E-state index contributed by atoms with van der Waals surface area (Å²) in [4.78, 5) is 4.57. The van der Waals surface area contributed by atoms with E-state index in [0.717, 1.165) is 12.2 Å². The van der Waals surface area contributed by atoms with Crippen molar-refractivity contribution >= 4 is 5.52 Å². The lowest BCUT2D eigenvalue weighted by atomic mass is 9.87. The van der Waals surface area contributed by atoms with Gasteiger partial charge in [0.1, 0.15) is 5.82 Å². The predicted octanol–water partition coefficient (Wildman–Crippen LogP) is 4.22. The molecule has 0 unspecified atom stereocenters. The summed E-state index contributed by atoms with van der Waals surface area (Å²) >= 11 is 0. The Bertz CT molecular complexity index is 550. The maximum Gasteiger partial charge on any atom is 0.113 e. The van der Waals surface area contributed by atoms with Crippen molar-refractivity contribution in [2.45, 2.75) is 53.4 Å². The summed E-state index contributed by atoms with van der Waals surface area (Å²) < 4.78 is 2.21. The van der Waals surface area contributed by atoms with E-state index < -0.39 is 0 Å². The molecule has 0 amide bonds. The number of fused-ring (bicyclic) bond motifs is 1. The zero-order valence-electron chi connectivity index (χ0n) is 12.4. The lowest BCUT2D eigenvalue weighted by molar-refractivity contribution is 0.400. The second-order valence-electron chi connectivity index (χ2n) is 7.37. The smallest absolute Gasteiger partial charge is 0.113 e. The number of hydrogen-bond acceptors (Lipinski definition) is 1. The first-order valence-corrected chi connectivity index (χ1v) is 6.63. The Morgan fingerprint density at radius 1 is 1.11 bits per heavy atom. The van der Waals surface area contributed by atoms with Gasteiger partial charge in [0.25, 0.3) is 0 Å². The molecule has 2 heterocycles. The molecule has 0 radical (unpaired) electrons. The third-order valence-electron chi connectivity index (χ3n) is 3.16. The second-order valence-corrected chi connectivity index (χ2v) is 7.37. The fourth-order valence-corrected chi connectivity index (χ4v) is 2.13. The Labute approximate surface area is 110 Å². The highest BCUT2D eigenvalue weighted by Crippen LogP contribution is 2.25. The highest BCUT2D eigenvalue weighted by molar-refractivity contribution is 5.49. The van der Waals surface area contributed by atoms with Crippen LogP contribution < -0.4 is 0 Å². The van der Waals surface area contributed by atoms with Gasteiger partial charge in [-0.15, -0.1) is 0 Å². The van der Waals surface area contributed by atoms with Gasteiger partial charge in [-0.2, -0.15) is 0 Å². The predicted molar refractivity (Wildman–Crippen MR) is 77.1 cm³/mol. The molecule has 0 bridgehead atoms. The van der Waals surface area contributed by atoms with E-state index in [1.807, 2.05) is 6.20 Å². The average molecular weight is 244 g/mol. The van der Waals surface area contributed by atoms with Crippen molar-refractivity contribution in [3.8, 4) is 0 Å². The summed E-state index contributed by atoms with van der Waals surface area (Å²) in [6.07, 6.45) is 5.14. The molecule has 0 spiro atoms. The second kappa shape index (κ2) is 4.11. The van der Waals surface area contributed by atoms with E-state index in [-0.39, 0.29) is 10.8 Å². The van der Waals surface area contributed by atoms with Crippen molar-refractivity contribution in [2.24, 2.45) is 5.41 Å². The maximum absolute atomic E-state index is 4.57. The minimum absolute atomic E-state index is 0.191. The number of nitrogens with zero attached hydrogens (tertiary/aromatic N) is 2. The summed E-state index contributed by atoms with van der Waals surface area (Å²) in [6.45, 7) is 13.5. The fourth-order valence-electron chi connectivity index (χ4n) is 2.13. The van der Waals surface area contributed by atoms with Crippen molar-refractivity contribution in [2.75, 3.05) is 0 Å². The van der Waals surface area contributed by atoms with Gasteiger partial charge in [0, 0.05) is 12.6 Å². The van der Waals surface area contributed by atoms with Crippen LogP contribution in [0.4, 0.5) is 0 Å². The number of pyridine rings is 1. The first-order valence-electron chi connectivity index (χ1n) is 6.63. The molecule has 0 N–H and O–H groups in total. The zero-order valence-corrected chi connectivity index (χ0v) is 12.4. The zero-order chi connectivity index (χ0) is 13.6. The third-order valence-corrected chi connectivity index (χ3v) is 3.16. The van der Waals surface area contributed by atoms with E-state index in [1.165, 1.54) is 11.1 Å². The van der Waals surface area contributed by atoms with Gasteiger partial charge in [0.15, 0.2) is 0 Å². The van der Waals surface area contributed by atoms with Crippen LogP contribution in [0.5, 0.6) is 0 Å². The van der Waals surface area contributed by atoms with Crippen LogP contribution in [0, 0.1) is 5.41 Å².